The van der Waals surface area contributed by atoms with Crippen LogP contribution >= 0.6 is 0 Å². The molecular formula is C14H26N2O2. The number of nitrogens with one attached hydrogen (secondary N) is 2. The lowest BCUT2D eigenvalue weighted by Gasteiger charge is -2.19. The second-order valence-corrected chi connectivity index (χ2v) is 5.24. The molecule has 0 heterocycles. The Bertz CT molecular complexity index is 276. The molecule has 0 radical (unpaired) electrons. The van der Waals surface area contributed by atoms with Crippen molar-refractivity contribution < 1.29 is 9.53 Å². The summed E-state index contributed by atoms with van der Waals surface area (Å²) in [4.78, 5) is 11.3. The van der Waals surface area contributed by atoms with Crippen molar-refractivity contribution in [3.63, 3.8) is 0 Å². The van der Waals surface area contributed by atoms with E-state index in [1.807, 2.05) is 20.8 Å². The lowest BCUT2D eigenvalue weighted by Crippen LogP contribution is -2.35. The number of carbonyl (C=O) groups is 1. The minimum Gasteiger partial charge on any atom is -0.444 e. The molecule has 0 bridgehead atoms. The maximum absolute atomic E-state index is 11.3. The van der Waals surface area contributed by atoms with Crippen molar-refractivity contribution in [2.75, 3.05) is 13.1 Å². The van der Waals surface area contributed by atoms with Crippen LogP contribution in [0.1, 0.15) is 47.0 Å². The number of carbonyl (C=O) groups excluding carboxylic acids is 1. The SMILES string of the molecule is C#CC(CCC)NCCCNC(=O)OC(C)(C)C. The molecule has 1 atom stereocenters. The molecule has 0 aliphatic carbocycles. The normalized spacial score (nSPS) is 12.6. The Balaban J connectivity index is 3.57. The van der Waals surface area contributed by atoms with Gasteiger partial charge < -0.3 is 15.4 Å². The van der Waals surface area contributed by atoms with E-state index in [-0.39, 0.29) is 12.1 Å². The summed E-state index contributed by atoms with van der Waals surface area (Å²) in [6.45, 7) is 9.02. The summed E-state index contributed by atoms with van der Waals surface area (Å²) in [6.07, 6.45) is 7.90. The van der Waals surface area contributed by atoms with Crippen LogP contribution in [0.3, 0.4) is 0 Å². The van der Waals surface area contributed by atoms with Gasteiger partial charge in [0.05, 0.1) is 6.04 Å². The van der Waals surface area contributed by atoms with Gasteiger partial charge in [-0.15, -0.1) is 6.42 Å². The Morgan fingerprint density at radius 2 is 2.06 bits per heavy atom. The molecule has 0 saturated heterocycles. The lowest BCUT2D eigenvalue weighted by atomic mass is 10.2. The van der Waals surface area contributed by atoms with Gasteiger partial charge in [-0.2, -0.15) is 0 Å². The highest BCUT2D eigenvalue weighted by molar-refractivity contribution is 5.67. The Morgan fingerprint density at radius 3 is 2.56 bits per heavy atom. The van der Waals surface area contributed by atoms with Gasteiger partial charge in [0.25, 0.3) is 0 Å². The number of amides is 1. The standard InChI is InChI=1S/C14H26N2O2/c1-6-9-12(7-2)15-10-8-11-16-13(17)18-14(3,4)5/h2,12,15H,6,8-11H2,1,3-5H3,(H,16,17). The molecule has 0 aromatic carbocycles. The molecule has 0 spiro atoms. The minimum atomic E-state index is -0.446. The number of rotatable bonds is 7. The van der Waals surface area contributed by atoms with E-state index in [9.17, 15) is 4.79 Å². The number of ether oxygens (including phenoxy) is 1. The molecule has 104 valence electrons. The average molecular weight is 254 g/mol. The topological polar surface area (TPSA) is 50.4 Å². The van der Waals surface area contributed by atoms with Crippen LogP contribution in [-0.4, -0.2) is 30.8 Å². The summed E-state index contributed by atoms with van der Waals surface area (Å²) in [6, 6.07) is 0.136. The van der Waals surface area contributed by atoms with Crippen molar-refractivity contribution >= 4 is 6.09 Å². The molecule has 0 fully saturated rings. The van der Waals surface area contributed by atoms with Crippen LogP contribution in [0.25, 0.3) is 0 Å². The quantitative estimate of drug-likeness (QED) is 0.541. The first-order valence-electron chi connectivity index (χ1n) is 6.55. The second kappa shape index (κ2) is 8.82. The molecule has 4 heteroatoms. The predicted molar refractivity (Wildman–Crippen MR) is 74.4 cm³/mol. The van der Waals surface area contributed by atoms with Crippen LogP contribution in [0.2, 0.25) is 0 Å². The summed E-state index contributed by atoms with van der Waals surface area (Å²) < 4.78 is 5.12. The molecule has 18 heavy (non-hydrogen) atoms. The van der Waals surface area contributed by atoms with Gasteiger partial charge in [-0.3, -0.25) is 0 Å². The van der Waals surface area contributed by atoms with Crippen molar-refractivity contribution in [2.24, 2.45) is 0 Å². The molecular weight excluding hydrogens is 228 g/mol. The number of hydrogen-bond donors (Lipinski definition) is 2. The highest BCUT2D eigenvalue weighted by Crippen LogP contribution is 2.06. The molecule has 0 aromatic rings. The monoisotopic (exact) mass is 254 g/mol. The van der Waals surface area contributed by atoms with Crippen molar-refractivity contribution in [1.29, 1.82) is 0 Å². The third-order valence-electron chi connectivity index (χ3n) is 2.19. The van der Waals surface area contributed by atoms with Crippen molar-refractivity contribution in [1.82, 2.24) is 10.6 Å². The van der Waals surface area contributed by atoms with E-state index in [0.717, 1.165) is 25.8 Å². The second-order valence-electron chi connectivity index (χ2n) is 5.24. The maximum Gasteiger partial charge on any atom is 0.407 e. The lowest BCUT2D eigenvalue weighted by molar-refractivity contribution is 0.0527. The van der Waals surface area contributed by atoms with Gasteiger partial charge in [0.2, 0.25) is 0 Å². The average Bonchev–Trinajstić information content (AvgIpc) is 2.24. The highest BCUT2D eigenvalue weighted by Gasteiger charge is 2.15. The Labute approximate surface area is 111 Å². The van der Waals surface area contributed by atoms with E-state index in [4.69, 9.17) is 11.2 Å². The maximum atomic E-state index is 11.3. The molecule has 2 N–H and O–H groups in total. The van der Waals surface area contributed by atoms with Gasteiger partial charge >= 0.3 is 6.09 Å². The largest absolute Gasteiger partial charge is 0.444 e. The van der Waals surface area contributed by atoms with Crippen LogP contribution in [0.15, 0.2) is 0 Å². The number of alkyl carbamates (subject to hydrolysis) is 1. The van der Waals surface area contributed by atoms with Crippen LogP contribution in [-0.2, 0) is 4.74 Å². The zero-order valence-electron chi connectivity index (χ0n) is 12.0. The van der Waals surface area contributed by atoms with E-state index in [1.54, 1.807) is 0 Å². The fourth-order valence-corrected chi connectivity index (χ4v) is 1.40. The summed E-state index contributed by atoms with van der Waals surface area (Å²) in [5, 5.41) is 5.97. The van der Waals surface area contributed by atoms with Crippen LogP contribution in [0, 0.1) is 12.3 Å². The van der Waals surface area contributed by atoms with E-state index >= 15 is 0 Å². The van der Waals surface area contributed by atoms with Gasteiger partial charge in [0, 0.05) is 6.54 Å². The zero-order valence-corrected chi connectivity index (χ0v) is 12.0. The van der Waals surface area contributed by atoms with E-state index < -0.39 is 5.60 Å². The predicted octanol–water partition coefficient (Wildman–Crippen LogP) is 2.29. The van der Waals surface area contributed by atoms with Gasteiger partial charge in [-0.25, -0.2) is 4.79 Å². The van der Waals surface area contributed by atoms with Crippen molar-refractivity contribution in [2.45, 2.75) is 58.6 Å². The summed E-state index contributed by atoms with van der Waals surface area (Å²) >= 11 is 0. The summed E-state index contributed by atoms with van der Waals surface area (Å²) in [5.74, 6) is 2.71. The Kier molecular flexibility index (Phi) is 8.23. The molecule has 1 unspecified atom stereocenters. The van der Waals surface area contributed by atoms with Crippen molar-refractivity contribution in [3.05, 3.63) is 0 Å². The first-order chi connectivity index (χ1) is 8.39. The molecule has 4 nitrogen and oxygen atoms in total. The Morgan fingerprint density at radius 1 is 1.39 bits per heavy atom. The fourth-order valence-electron chi connectivity index (χ4n) is 1.40. The van der Waals surface area contributed by atoms with Crippen molar-refractivity contribution in [3.8, 4) is 12.3 Å². The number of terminal acetylenes is 1. The Hall–Kier alpha value is -1.21. The smallest absolute Gasteiger partial charge is 0.407 e. The number of hydrogen-bond acceptors (Lipinski definition) is 3. The molecule has 0 aliphatic rings. The molecule has 0 aliphatic heterocycles. The third kappa shape index (κ3) is 9.98. The van der Waals surface area contributed by atoms with Crippen LogP contribution in [0.4, 0.5) is 4.79 Å². The summed E-state index contributed by atoms with van der Waals surface area (Å²) in [7, 11) is 0. The molecule has 0 aromatic heterocycles. The van der Waals surface area contributed by atoms with Crippen LogP contribution in [0.5, 0.6) is 0 Å². The van der Waals surface area contributed by atoms with E-state index in [0.29, 0.717) is 6.54 Å². The van der Waals surface area contributed by atoms with Gasteiger partial charge in [0.1, 0.15) is 5.60 Å². The molecule has 1 amide bonds. The van der Waals surface area contributed by atoms with Gasteiger partial charge in [-0.1, -0.05) is 19.3 Å². The van der Waals surface area contributed by atoms with Gasteiger partial charge in [0.15, 0.2) is 0 Å². The fraction of sp³-hybridized carbons (Fsp3) is 0.786. The summed E-state index contributed by atoms with van der Waals surface area (Å²) in [5.41, 5.74) is -0.446. The van der Waals surface area contributed by atoms with Crippen LogP contribution < -0.4 is 10.6 Å². The van der Waals surface area contributed by atoms with E-state index in [1.165, 1.54) is 0 Å². The molecule has 0 rings (SSSR count). The highest BCUT2D eigenvalue weighted by atomic mass is 16.6. The minimum absolute atomic E-state index is 0.136. The van der Waals surface area contributed by atoms with Gasteiger partial charge in [-0.05, 0) is 40.2 Å². The third-order valence-corrected chi connectivity index (χ3v) is 2.19. The molecule has 0 saturated carbocycles. The van der Waals surface area contributed by atoms with E-state index in [2.05, 4.69) is 23.5 Å². The first-order valence-corrected chi connectivity index (χ1v) is 6.55. The zero-order chi connectivity index (χ0) is 14.0. The first kappa shape index (κ1) is 16.8.